The number of ether oxygens (including phenoxy) is 1. The first-order valence-corrected chi connectivity index (χ1v) is 9.64. The number of hydrogen-bond acceptors (Lipinski definition) is 4. The number of piperidine rings is 1. The predicted molar refractivity (Wildman–Crippen MR) is 104 cm³/mol. The van der Waals surface area contributed by atoms with Crippen molar-refractivity contribution < 1.29 is 14.3 Å². The summed E-state index contributed by atoms with van der Waals surface area (Å²) in [7, 11) is 0. The Morgan fingerprint density at radius 2 is 2.00 bits per heavy atom. The first-order chi connectivity index (χ1) is 13.5. The van der Waals surface area contributed by atoms with E-state index in [0.29, 0.717) is 32.5 Å². The fraction of sp³-hybridized carbons (Fsp3) is 0.450. The van der Waals surface area contributed by atoms with E-state index >= 15 is 0 Å². The number of imidazole rings is 1. The minimum absolute atomic E-state index is 0.135. The summed E-state index contributed by atoms with van der Waals surface area (Å²) in [6, 6.07) is 7.73. The number of aromatic nitrogens is 2. The Labute approximate surface area is 163 Å². The van der Waals surface area contributed by atoms with Crippen molar-refractivity contribution in [2.24, 2.45) is 5.73 Å². The summed E-state index contributed by atoms with van der Waals surface area (Å²) in [5, 5.41) is 2.95. The maximum Gasteiger partial charge on any atom is 0.321 e. The van der Waals surface area contributed by atoms with Crippen molar-refractivity contribution >= 4 is 17.6 Å². The Bertz CT molecular complexity index is 868. The second-order valence-electron chi connectivity index (χ2n) is 7.37. The first-order valence-electron chi connectivity index (χ1n) is 9.64. The monoisotopic (exact) mass is 383 g/mol. The molecule has 1 unspecified atom stereocenters. The fourth-order valence-corrected chi connectivity index (χ4v) is 3.98. The SMILES string of the molecule is CCc1ccc(NC(=O)N2CCC3(CC2)OC(C(N)=O)Cn2ccnc23)cc1. The van der Waals surface area contributed by atoms with Gasteiger partial charge in [0.25, 0.3) is 0 Å². The van der Waals surface area contributed by atoms with Crippen molar-refractivity contribution in [2.45, 2.75) is 44.4 Å². The number of urea groups is 1. The van der Waals surface area contributed by atoms with Gasteiger partial charge in [0.15, 0.2) is 6.10 Å². The smallest absolute Gasteiger partial charge is 0.321 e. The number of carbonyl (C=O) groups is 2. The largest absolute Gasteiger partial charge is 0.367 e. The minimum atomic E-state index is -0.681. The zero-order chi connectivity index (χ0) is 19.7. The lowest BCUT2D eigenvalue weighted by molar-refractivity contribution is -0.169. The maximum absolute atomic E-state index is 12.6. The number of primary amides is 1. The molecule has 3 N–H and O–H groups in total. The third kappa shape index (κ3) is 3.35. The number of hydrogen-bond donors (Lipinski definition) is 2. The third-order valence-corrected chi connectivity index (χ3v) is 5.64. The molecule has 2 aliphatic rings. The second kappa shape index (κ2) is 7.27. The molecule has 4 rings (SSSR count). The van der Waals surface area contributed by atoms with Crippen LogP contribution >= 0.6 is 0 Å². The van der Waals surface area contributed by atoms with E-state index in [9.17, 15) is 9.59 Å². The average molecular weight is 383 g/mol. The normalized spacial score (nSPS) is 20.6. The summed E-state index contributed by atoms with van der Waals surface area (Å²) in [4.78, 5) is 30.6. The van der Waals surface area contributed by atoms with Crippen LogP contribution in [-0.2, 0) is 28.1 Å². The van der Waals surface area contributed by atoms with Gasteiger partial charge in [-0.15, -0.1) is 0 Å². The Hall–Kier alpha value is -2.87. The number of anilines is 1. The molecule has 1 aromatic carbocycles. The zero-order valence-electron chi connectivity index (χ0n) is 15.9. The summed E-state index contributed by atoms with van der Waals surface area (Å²) in [5.74, 6) is 0.328. The van der Waals surface area contributed by atoms with Crippen molar-refractivity contribution in [2.75, 3.05) is 18.4 Å². The molecule has 28 heavy (non-hydrogen) atoms. The molecule has 3 heterocycles. The van der Waals surface area contributed by atoms with E-state index in [0.717, 1.165) is 17.9 Å². The summed E-state index contributed by atoms with van der Waals surface area (Å²) in [6.45, 7) is 3.50. The molecule has 0 radical (unpaired) electrons. The molecular formula is C20H25N5O3. The second-order valence-corrected chi connectivity index (χ2v) is 7.37. The number of carbonyl (C=O) groups excluding carboxylic acids is 2. The summed E-state index contributed by atoms with van der Waals surface area (Å²) >= 11 is 0. The number of nitrogens with two attached hydrogens (primary N) is 1. The van der Waals surface area contributed by atoms with Crippen molar-refractivity contribution in [3.63, 3.8) is 0 Å². The van der Waals surface area contributed by atoms with Gasteiger partial charge in [-0.05, 0) is 24.1 Å². The van der Waals surface area contributed by atoms with Gasteiger partial charge in [-0.1, -0.05) is 19.1 Å². The molecular weight excluding hydrogens is 358 g/mol. The van der Waals surface area contributed by atoms with E-state index < -0.39 is 17.6 Å². The van der Waals surface area contributed by atoms with Crippen LogP contribution in [0.5, 0.6) is 0 Å². The van der Waals surface area contributed by atoms with Crippen molar-refractivity contribution in [3.8, 4) is 0 Å². The number of benzene rings is 1. The highest BCUT2D eigenvalue weighted by atomic mass is 16.5. The zero-order valence-corrected chi connectivity index (χ0v) is 15.9. The van der Waals surface area contributed by atoms with E-state index in [1.807, 2.05) is 35.0 Å². The number of aryl methyl sites for hydroxylation is 1. The van der Waals surface area contributed by atoms with Crippen LogP contribution in [0.2, 0.25) is 0 Å². The lowest BCUT2D eigenvalue weighted by atomic mass is 9.88. The molecule has 0 bridgehead atoms. The van der Waals surface area contributed by atoms with Crippen LogP contribution in [0.3, 0.4) is 0 Å². The molecule has 1 spiro atoms. The van der Waals surface area contributed by atoms with Gasteiger partial charge < -0.3 is 25.3 Å². The molecule has 0 saturated carbocycles. The van der Waals surface area contributed by atoms with Gasteiger partial charge in [0, 0.05) is 44.0 Å². The molecule has 1 aromatic heterocycles. The molecule has 2 aromatic rings. The number of nitrogens with zero attached hydrogens (tertiary/aromatic N) is 3. The van der Waals surface area contributed by atoms with Crippen LogP contribution in [0.15, 0.2) is 36.7 Å². The Balaban J connectivity index is 1.43. The summed E-state index contributed by atoms with van der Waals surface area (Å²) < 4.78 is 8.05. The summed E-state index contributed by atoms with van der Waals surface area (Å²) in [5.41, 5.74) is 6.82. The number of fused-ring (bicyclic) bond motifs is 2. The Kier molecular flexibility index (Phi) is 4.80. The molecule has 0 aliphatic carbocycles. The van der Waals surface area contributed by atoms with Crippen LogP contribution in [0.25, 0.3) is 0 Å². The number of likely N-dealkylation sites (tertiary alicyclic amines) is 1. The quantitative estimate of drug-likeness (QED) is 0.844. The molecule has 2 aliphatic heterocycles. The van der Waals surface area contributed by atoms with Gasteiger partial charge in [0.1, 0.15) is 11.4 Å². The van der Waals surface area contributed by atoms with Gasteiger partial charge in [-0.25, -0.2) is 9.78 Å². The van der Waals surface area contributed by atoms with Crippen LogP contribution < -0.4 is 11.1 Å². The highest BCUT2D eigenvalue weighted by molar-refractivity contribution is 5.89. The molecule has 1 fully saturated rings. The van der Waals surface area contributed by atoms with Crippen molar-refractivity contribution in [1.29, 1.82) is 0 Å². The van der Waals surface area contributed by atoms with Crippen LogP contribution in [-0.4, -0.2) is 45.6 Å². The van der Waals surface area contributed by atoms with Gasteiger partial charge in [0.05, 0.1) is 6.54 Å². The molecule has 8 heteroatoms. The highest BCUT2D eigenvalue weighted by Crippen LogP contribution is 2.40. The molecule has 3 amide bonds. The molecule has 1 saturated heterocycles. The van der Waals surface area contributed by atoms with Crippen molar-refractivity contribution in [3.05, 3.63) is 48.0 Å². The van der Waals surface area contributed by atoms with E-state index in [1.165, 1.54) is 5.56 Å². The molecule has 8 nitrogen and oxygen atoms in total. The van der Waals surface area contributed by atoms with Gasteiger partial charge in [-0.3, -0.25) is 4.79 Å². The lowest BCUT2D eigenvalue weighted by Crippen LogP contribution is -2.54. The number of rotatable bonds is 3. The Morgan fingerprint density at radius 1 is 1.29 bits per heavy atom. The topological polar surface area (TPSA) is 102 Å². The lowest BCUT2D eigenvalue weighted by Gasteiger charge is -2.45. The van der Waals surface area contributed by atoms with Crippen LogP contribution in [0, 0.1) is 0 Å². The fourth-order valence-electron chi connectivity index (χ4n) is 3.98. The van der Waals surface area contributed by atoms with Crippen molar-refractivity contribution in [1.82, 2.24) is 14.5 Å². The van der Waals surface area contributed by atoms with Crippen LogP contribution in [0.4, 0.5) is 10.5 Å². The number of nitrogens with one attached hydrogen (secondary N) is 1. The van der Waals surface area contributed by atoms with E-state index in [4.69, 9.17) is 10.5 Å². The standard InChI is InChI=1S/C20H25N5O3/c1-2-14-3-5-15(6-4-14)23-19(27)24-10-7-20(8-11-24)18-22-9-12-25(18)13-16(28-20)17(21)26/h3-6,9,12,16H,2,7-8,10-11,13H2,1H3,(H2,21,26)(H,23,27). The van der Waals surface area contributed by atoms with Gasteiger partial charge in [-0.2, -0.15) is 0 Å². The third-order valence-electron chi connectivity index (χ3n) is 5.64. The van der Waals surface area contributed by atoms with E-state index in [-0.39, 0.29) is 6.03 Å². The number of amides is 3. The van der Waals surface area contributed by atoms with Gasteiger partial charge >= 0.3 is 6.03 Å². The van der Waals surface area contributed by atoms with E-state index in [2.05, 4.69) is 17.2 Å². The molecule has 148 valence electrons. The summed E-state index contributed by atoms with van der Waals surface area (Å²) in [6.07, 6.45) is 4.97. The predicted octanol–water partition coefficient (Wildman–Crippen LogP) is 1.85. The van der Waals surface area contributed by atoms with E-state index in [1.54, 1.807) is 11.1 Å². The van der Waals surface area contributed by atoms with Gasteiger partial charge in [0.2, 0.25) is 5.91 Å². The maximum atomic E-state index is 12.6. The Morgan fingerprint density at radius 3 is 2.64 bits per heavy atom. The van der Waals surface area contributed by atoms with Crippen LogP contribution in [0.1, 0.15) is 31.2 Å². The average Bonchev–Trinajstić information content (AvgIpc) is 3.19. The first kappa shape index (κ1) is 18.5. The minimum Gasteiger partial charge on any atom is -0.367 e. The highest BCUT2D eigenvalue weighted by Gasteiger charge is 2.47. The molecule has 1 atom stereocenters.